The lowest BCUT2D eigenvalue weighted by Gasteiger charge is -2.23. The number of fused-ring (bicyclic) bond motifs is 1. The second-order valence-corrected chi connectivity index (χ2v) is 5.47. The van der Waals surface area contributed by atoms with E-state index in [9.17, 15) is 14.7 Å². The zero-order valence-electron chi connectivity index (χ0n) is 12.0. The van der Waals surface area contributed by atoms with E-state index in [-0.39, 0.29) is 11.3 Å². The van der Waals surface area contributed by atoms with Crippen molar-refractivity contribution >= 4 is 17.0 Å². The van der Waals surface area contributed by atoms with Crippen LogP contribution in [0.1, 0.15) is 30.1 Å². The minimum Gasteiger partial charge on any atom is -0.478 e. The average molecular weight is 289 g/mol. The summed E-state index contributed by atoms with van der Waals surface area (Å²) in [6, 6.07) is 5.24. The van der Waals surface area contributed by atoms with Gasteiger partial charge in [0.25, 0.3) is 0 Å². The van der Waals surface area contributed by atoms with Crippen molar-refractivity contribution in [2.45, 2.75) is 32.4 Å². The molecule has 0 amide bonds. The van der Waals surface area contributed by atoms with E-state index in [1.165, 1.54) is 0 Å². The number of likely N-dealkylation sites (N-methyl/N-ethyl adjacent to an activating group) is 1. The molecule has 1 aromatic carbocycles. The van der Waals surface area contributed by atoms with Crippen LogP contribution >= 0.6 is 0 Å². The zero-order valence-corrected chi connectivity index (χ0v) is 12.0. The number of hydrogen-bond donors (Lipinski definition) is 2. The van der Waals surface area contributed by atoms with E-state index in [1.54, 1.807) is 22.8 Å². The number of likely N-dealkylation sites (tertiary alicyclic amines) is 1. The monoisotopic (exact) mass is 289 g/mol. The van der Waals surface area contributed by atoms with Crippen LogP contribution in [0.25, 0.3) is 11.0 Å². The van der Waals surface area contributed by atoms with Crippen LogP contribution in [0.2, 0.25) is 0 Å². The van der Waals surface area contributed by atoms with Crippen LogP contribution in [-0.4, -0.2) is 44.7 Å². The molecule has 0 saturated carbocycles. The molecule has 112 valence electrons. The molecule has 0 spiro atoms. The van der Waals surface area contributed by atoms with E-state index in [0.29, 0.717) is 23.6 Å². The molecule has 2 heterocycles. The summed E-state index contributed by atoms with van der Waals surface area (Å²) in [5.41, 5.74) is 1.02. The molecule has 1 saturated heterocycles. The summed E-state index contributed by atoms with van der Waals surface area (Å²) in [7, 11) is 0. The van der Waals surface area contributed by atoms with Crippen molar-refractivity contribution in [1.82, 2.24) is 14.5 Å². The number of para-hydroxylation sites is 1. The summed E-state index contributed by atoms with van der Waals surface area (Å²) in [5.74, 6) is -1.01. The Labute approximate surface area is 122 Å². The number of carboxylic acid groups (broad SMARTS) is 1. The standard InChI is InChI=1S/C15H19N3O3/c1-2-17-8-4-5-10(17)9-18-13-11(14(19)20)6-3-7-12(13)16-15(18)21/h3,6-7,10H,2,4-5,8-9H2,1H3,(H,16,21)(H,19,20). The smallest absolute Gasteiger partial charge is 0.337 e. The number of rotatable bonds is 4. The highest BCUT2D eigenvalue weighted by Crippen LogP contribution is 2.21. The number of aromatic nitrogens is 2. The molecule has 21 heavy (non-hydrogen) atoms. The van der Waals surface area contributed by atoms with Gasteiger partial charge in [-0.15, -0.1) is 0 Å². The van der Waals surface area contributed by atoms with Crippen molar-refractivity contribution in [3.05, 3.63) is 34.2 Å². The molecule has 0 radical (unpaired) electrons. The molecule has 1 aliphatic rings. The normalized spacial score (nSPS) is 19.4. The fraction of sp³-hybridized carbons (Fsp3) is 0.467. The largest absolute Gasteiger partial charge is 0.478 e. The quantitative estimate of drug-likeness (QED) is 0.894. The van der Waals surface area contributed by atoms with E-state index < -0.39 is 5.97 Å². The first-order valence-corrected chi connectivity index (χ1v) is 7.30. The van der Waals surface area contributed by atoms with Gasteiger partial charge in [-0.25, -0.2) is 9.59 Å². The van der Waals surface area contributed by atoms with Gasteiger partial charge in [-0.05, 0) is 38.1 Å². The molecular formula is C15H19N3O3. The second-order valence-electron chi connectivity index (χ2n) is 5.47. The van der Waals surface area contributed by atoms with E-state index in [2.05, 4.69) is 16.8 Å². The first-order chi connectivity index (χ1) is 10.1. The van der Waals surface area contributed by atoms with Gasteiger partial charge in [0.05, 0.1) is 16.6 Å². The summed E-state index contributed by atoms with van der Waals surface area (Å²) in [4.78, 5) is 28.7. The number of nitrogens with zero attached hydrogens (tertiary/aromatic N) is 2. The summed E-state index contributed by atoms with van der Waals surface area (Å²) >= 11 is 0. The Hall–Kier alpha value is -2.08. The fourth-order valence-electron chi connectivity index (χ4n) is 3.30. The highest BCUT2D eigenvalue weighted by Gasteiger charge is 2.25. The summed E-state index contributed by atoms with van der Waals surface area (Å²) < 4.78 is 1.58. The van der Waals surface area contributed by atoms with Gasteiger partial charge in [-0.1, -0.05) is 13.0 Å². The molecule has 1 unspecified atom stereocenters. The maximum atomic E-state index is 12.2. The summed E-state index contributed by atoms with van der Waals surface area (Å²) in [6.45, 7) is 4.65. The molecule has 0 bridgehead atoms. The number of benzene rings is 1. The second kappa shape index (κ2) is 5.37. The van der Waals surface area contributed by atoms with Gasteiger partial charge < -0.3 is 10.1 Å². The fourth-order valence-corrected chi connectivity index (χ4v) is 3.30. The van der Waals surface area contributed by atoms with Crippen molar-refractivity contribution in [1.29, 1.82) is 0 Å². The van der Waals surface area contributed by atoms with Gasteiger partial charge >= 0.3 is 11.7 Å². The SMILES string of the molecule is CCN1CCCC1Cn1c(=O)[nH]c2cccc(C(=O)O)c21. The number of H-pyrrole nitrogens is 1. The van der Waals surface area contributed by atoms with Crippen molar-refractivity contribution < 1.29 is 9.90 Å². The molecule has 6 heteroatoms. The first kappa shape index (κ1) is 13.9. The zero-order chi connectivity index (χ0) is 15.0. The maximum absolute atomic E-state index is 12.2. The van der Waals surface area contributed by atoms with E-state index in [4.69, 9.17) is 0 Å². The number of hydrogen-bond acceptors (Lipinski definition) is 3. The van der Waals surface area contributed by atoms with Crippen LogP contribution < -0.4 is 5.69 Å². The van der Waals surface area contributed by atoms with E-state index in [0.717, 1.165) is 25.9 Å². The number of aromatic amines is 1. The lowest BCUT2D eigenvalue weighted by molar-refractivity contribution is 0.0698. The Morgan fingerprint density at radius 1 is 1.48 bits per heavy atom. The van der Waals surface area contributed by atoms with Crippen molar-refractivity contribution in [3.8, 4) is 0 Å². The minimum absolute atomic E-state index is 0.173. The van der Waals surface area contributed by atoms with Gasteiger partial charge in [-0.2, -0.15) is 0 Å². The third-order valence-corrected chi connectivity index (χ3v) is 4.32. The van der Waals surface area contributed by atoms with Crippen molar-refractivity contribution in [3.63, 3.8) is 0 Å². The van der Waals surface area contributed by atoms with Crippen molar-refractivity contribution in [2.75, 3.05) is 13.1 Å². The van der Waals surface area contributed by atoms with Gasteiger partial charge in [-0.3, -0.25) is 9.47 Å². The Morgan fingerprint density at radius 3 is 3.00 bits per heavy atom. The Bertz CT molecular complexity index is 731. The lowest BCUT2D eigenvalue weighted by Crippen LogP contribution is -2.35. The minimum atomic E-state index is -1.01. The Kier molecular flexibility index (Phi) is 3.55. The van der Waals surface area contributed by atoms with Crippen LogP contribution in [0.15, 0.2) is 23.0 Å². The molecule has 2 aromatic rings. The topological polar surface area (TPSA) is 78.3 Å². The molecule has 0 aliphatic carbocycles. The van der Waals surface area contributed by atoms with E-state index >= 15 is 0 Å². The molecule has 3 rings (SSSR count). The number of imidazole rings is 1. The van der Waals surface area contributed by atoms with Crippen LogP contribution in [0.3, 0.4) is 0 Å². The average Bonchev–Trinajstić information content (AvgIpc) is 3.03. The predicted molar refractivity (Wildman–Crippen MR) is 79.8 cm³/mol. The van der Waals surface area contributed by atoms with Crippen LogP contribution in [0.4, 0.5) is 0 Å². The van der Waals surface area contributed by atoms with Gasteiger partial charge in [0.1, 0.15) is 0 Å². The maximum Gasteiger partial charge on any atom is 0.337 e. The highest BCUT2D eigenvalue weighted by atomic mass is 16.4. The Morgan fingerprint density at radius 2 is 2.29 bits per heavy atom. The molecule has 1 aliphatic heterocycles. The number of carboxylic acids is 1. The molecular weight excluding hydrogens is 270 g/mol. The van der Waals surface area contributed by atoms with Crippen LogP contribution in [-0.2, 0) is 6.54 Å². The summed E-state index contributed by atoms with van der Waals surface area (Å²) in [5, 5.41) is 9.34. The molecule has 1 aromatic heterocycles. The number of aromatic carboxylic acids is 1. The summed E-state index contributed by atoms with van der Waals surface area (Å²) in [6.07, 6.45) is 2.17. The van der Waals surface area contributed by atoms with Crippen LogP contribution in [0, 0.1) is 0 Å². The number of nitrogens with one attached hydrogen (secondary N) is 1. The first-order valence-electron chi connectivity index (χ1n) is 7.30. The highest BCUT2D eigenvalue weighted by molar-refractivity contribution is 6.01. The molecule has 6 nitrogen and oxygen atoms in total. The van der Waals surface area contributed by atoms with Gasteiger partial charge in [0, 0.05) is 12.6 Å². The molecule has 2 N–H and O–H groups in total. The predicted octanol–water partition coefficient (Wildman–Crippen LogP) is 1.51. The van der Waals surface area contributed by atoms with Gasteiger partial charge in [0.2, 0.25) is 0 Å². The molecule has 1 fully saturated rings. The van der Waals surface area contributed by atoms with Crippen LogP contribution in [0.5, 0.6) is 0 Å². The van der Waals surface area contributed by atoms with Crippen molar-refractivity contribution in [2.24, 2.45) is 0 Å². The number of carbonyl (C=O) groups is 1. The lowest BCUT2D eigenvalue weighted by atomic mass is 10.1. The third kappa shape index (κ3) is 2.35. The molecule has 1 atom stereocenters. The van der Waals surface area contributed by atoms with E-state index in [1.807, 2.05) is 0 Å². The third-order valence-electron chi connectivity index (χ3n) is 4.32. The van der Waals surface area contributed by atoms with Gasteiger partial charge in [0.15, 0.2) is 0 Å². The Balaban J connectivity index is 2.07.